The molecule has 5 heteroatoms. The van der Waals surface area contributed by atoms with Crippen LogP contribution in [0.3, 0.4) is 0 Å². The molecular formula is C20H26O5. The highest BCUT2D eigenvalue weighted by Crippen LogP contribution is 2.30. The highest BCUT2D eigenvalue weighted by Gasteiger charge is 2.46. The van der Waals surface area contributed by atoms with Crippen LogP contribution in [0.4, 0.5) is 0 Å². The molecule has 1 aromatic carbocycles. The first kappa shape index (κ1) is 18.1. The number of aryl methyl sites for hydroxylation is 1. The molecule has 0 spiro atoms. The number of methoxy groups -OCH3 is 1. The van der Waals surface area contributed by atoms with E-state index in [4.69, 9.17) is 23.4 Å². The summed E-state index contributed by atoms with van der Waals surface area (Å²) in [6.45, 7) is 5.05. The van der Waals surface area contributed by atoms with E-state index in [1.807, 2.05) is 24.3 Å². The van der Waals surface area contributed by atoms with Crippen molar-refractivity contribution in [3.05, 3.63) is 59.5 Å². The largest absolute Gasteiger partial charge is 0.467 e. The van der Waals surface area contributed by atoms with Gasteiger partial charge in [0.15, 0.2) is 6.29 Å². The molecule has 0 unspecified atom stereocenters. The fourth-order valence-electron chi connectivity index (χ4n) is 3.12. The molecule has 3 rings (SSSR count). The van der Waals surface area contributed by atoms with Gasteiger partial charge in [0.05, 0.1) is 19.0 Å². The third-order valence-corrected chi connectivity index (χ3v) is 4.59. The molecule has 1 aliphatic rings. The van der Waals surface area contributed by atoms with Gasteiger partial charge in [0.1, 0.15) is 24.6 Å². The molecule has 25 heavy (non-hydrogen) atoms. The van der Waals surface area contributed by atoms with Crippen molar-refractivity contribution in [3.63, 3.8) is 0 Å². The monoisotopic (exact) mass is 346 g/mol. The summed E-state index contributed by atoms with van der Waals surface area (Å²) in [5, 5.41) is 0. The number of hydrogen-bond donors (Lipinski definition) is 0. The number of furan rings is 1. The minimum Gasteiger partial charge on any atom is -0.467 e. The molecule has 0 bridgehead atoms. The van der Waals surface area contributed by atoms with Crippen LogP contribution in [-0.2, 0) is 32.2 Å². The van der Waals surface area contributed by atoms with Gasteiger partial charge in [-0.3, -0.25) is 0 Å². The van der Waals surface area contributed by atoms with Crippen LogP contribution < -0.4 is 0 Å². The van der Waals surface area contributed by atoms with Gasteiger partial charge >= 0.3 is 0 Å². The smallest absolute Gasteiger partial charge is 0.186 e. The van der Waals surface area contributed by atoms with Crippen LogP contribution in [-0.4, -0.2) is 31.7 Å². The third-order valence-electron chi connectivity index (χ3n) is 4.59. The summed E-state index contributed by atoms with van der Waals surface area (Å²) in [6.07, 6.45) is 1.48. The van der Waals surface area contributed by atoms with Gasteiger partial charge in [-0.05, 0) is 36.6 Å². The Morgan fingerprint density at radius 3 is 2.48 bits per heavy atom. The molecule has 5 nitrogen and oxygen atoms in total. The fraction of sp³-hybridized carbons (Fsp3) is 0.500. The van der Waals surface area contributed by atoms with E-state index < -0.39 is 6.29 Å². The first-order valence-corrected chi connectivity index (χ1v) is 8.71. The first-order chi connectivity index (χ1) is 12.2. The molecule has 0 aliphatic carbocycles. The van der Waals surface area contributed by atoms with Crippen LogP contribution in [0, 0.1) is 6.92 Å². The van der Waals surface area contributed by atoms with E-state index >= 15 is 0 Å². The molecule has 0 radical (unpaired) electrons. The van der Waals surface area contributed by atoms with Crippen molar-refractivity contribution >= 4 is 0 Å². The molecule has 0 amide bonds. The third kappa shape index (κ3) is 4.30. The molecule has 4 atom stereocenters. The fourth-order valence-corrected chi connectivity index (χ4v) is 3.12. The summed E-state index contributed by atoms with van der Waals surface area (Å²) in [5.74, 6) is 0.771. The van der Waals surface area contributed by atoms with Gasteiger partial charge < -0.3 is 23.4 Å². The lowest BCUT2D eigenvalue weighted by Crippen LogP contribution is -2.38. The Morgan fingerprint density at radius 2 is 1.80 bits per heavy atom. The first-order valence-electron chi connectivity index (χ1n) is 8.71. The molecular weight excluding hydrogens is 320 g/mol. The number of benzene rings is 1. The zero-order chi connectivity index (χ0) is 17.6. The average molecular weight is 346 g/mol. The van der Waals surface area contributed by atoms with Gasteiger partial charge in [0.2, 0.25) is 0 Å². The zero-order valence-electron chi connectivity index (χ0n) is 15.0. The van der Waals surface area contributed by atoms with Crippen molar-refractivity contribution < 1.29 is 23.4 Å². The topological polar surface area (TPSA) is 50.1 Å². The molecule has 1 aliphatic heterocycles. The van der Waals surface area contributed by atoms with Crippen LogP contribution in [0.1, 0.15) is 30.2 Å². The minimum absolute atomic E-state index is 0.0597. The average Bonchev–Trinajstić information content (AvgIpc) is 3.26. The summed E-state index contributed by atoms with van der Waals surface area (Å²) in [7, 11) is 1.63. The Morgan fingerprint density at radius 1 is 1.00 bits per heavy atom. The second-order valence-corrected chi connectivity index (χ2v) is 6.24. The van der Waals surface area contributed by atoms with Crippen molar-refractivity contribution in [2.75, 3.05) is 7.11 Å². The zero-order valence-corrected chi connectivity index (χ0v) is 15.0. The Kier molecular flexibility index (Phi) is 6.26. The SMILES string of the molecule is CC[C@H]1O[C@H](OC)[C@H](OCc2ccco2)[C@H]1OCc1ccccc1C. The molecule has 1 saturated heterocycles. The molecule has 1 fully saturated rings. The van der Waals surface area contributed by atoms with Gasteiger partial charge in [-0.1, -0.05) is 31.2 Å². The summed E-state index contributed by atoms with van der Waals surface area (Å²) in [6, 6.07) is 12.0. The van der Waals surface area contributed by atoms with Gasteiger partial charge in [0, 0.05) is 7.11 Å². The Labute approximate surface area is 148 Å². The molecule has 2 aromatic rings. The maximum absolute atomic E-state index is 6.23. The highest BCUT2D eigenvalue weighted by molar-refractivity contribution is 5.24. The van der Waals surface area contributed by atoms with E-state index in [1.54, 1.807) is 13.4 Å². The van der Waals surface area contributed by atoms with E-state index in [0.29, 0.717) is 13.2 Å². The lowest BCUT2D eigenvalue weighted by atomic mass is 10.1. The van der Waals surface area contributed by atoms with E-state index in [0.717, 1.165) is 12.2 Å². The molecule has 2 heterocycles. The van der Waals surface area contributed by atoms with E-state index in [2.05, 4.69) is 26.0 Å². The summed E-state index contributed by atoms with van der Waals surface area (Å²) in [5.41, 5.74) is 2.38. The van der Waals surface area contributed by atoms with Crippen LogP contribution in [0.2, 0.25) is 0 Å². The van der Waals surface area contributed by atoms with Crippen LogP contribution in [0.25, 0.3) is 0 Å². The highest BCUT2D eigenvalue weighted by atomic mass is 16.7. The van der Waals surface area contributed by atoms with Crippen molar-refractivity contribution in [2.45, 2.75) is 58.1 Å². The maximum atomic E-state index is 6.23. The predicted molar refractivity (Wildman–Crippen MR) is 93.0 cm³/mol. The van der Waals surface area contributed by atoms with Crippen molar-refractivity contribution in [2.24, 2.45) is 0 Å². The van der Waals surface area contributed by atoms with E-state index in [1.165, 1.54) is 11.1 Å². The number of ether oxygens (including phenoxy) is 4. The van der Waals surface area contributed by atoms with E-state index in [-0.39, 0.29) is 18.3 Å². The van der Waals surface area contributed by atoms with Crippen molar-refractivity contribution in [1.29, 1.82) is 0 Å². The van der Waals surface area contributed by atoms with Crippen LogP contribution >= 0.6 is 0 Å². The second-order valence-electron chi connectivity index (χ2n) is 6.24. The molecule has 0 N–H and O–H groups in total. The number of rotatable bonds is 8. The van der Waals surface area contributed by atoms with Gasteiger partial charge in [-0.25, -0.2) is 0 Å². The Balaban J connectivity index is 1.68. The molecule has 1 aromatic heterocycles. The Hall–Kier alpha value is -1.66. The normalized spacial score (nSPS) is 26.2. The summed E-state index contributed by atoms with van der Waals surface area (Å²) >= 11 is 0. The van der Waals surface area contributed by atoms with Crippen LogP contribution in [0.5, 0.6) is 0 Å². The lowest BCUT2D eigenvalue weighted by Gasteiger charge is -2.24. The predicted octanol–water partition coefficient (Wildman–Crippen LogP) is 3.84. The minimum atomic E-state index is -0.443. The summed E-state index contributed by atoms with van der Waals surface area (Å²) < 4.78 is 29.1. The van der Waals surface area contributed by atoms with Crippen molar-refractivity contribution in [1.82, 2.24) is 0 Å². The van der Waals surface area contributed by atoms with Crippen LogP contribution in [0.15, 0.2) is 47.1 Å². The standard InChI is InChI=1S/C20H26O5/c1-4-17-18(23-12-15-9-6-5-8-14(15)2)19(20(21-3)25-17)24-13-16-10-7-11-22-16/h5-11,17-20H,4,12-13H2,1-3H3/t17-,18+,19-,20+/m1/s1. The van der Waals surface area contributed by atoms with Gasteiger partial charge in [0.25, 0.3) is 0 Å². The van der Waals surface area contributed by atoms with Gasteiger partial charge in [-0.2, -0.15) is 0 Å². The van der Waals surface area contributed by atoms with E-state index in [9.17, 15) is 0 Å². The Bertz CT molecular complexity index is 639. The maximum Gasteiger partial charge on any atom is 0.186 e. The van der Waals surface area contributed by atoms with Gasteiger partial charge in [-0.15, -0.1) is 0 Å². The van der Waals surface area contributed by atoms with Crippen molar-refractivity contribution in [3.8, 4) is 0 Å². The summed E-state index contributed by atoms with van der Waals surface area (Å²) in [4.78, 5) is 0. The second kappa shape index (κ2) is 8.63. The number of hydrogen-bond acceptors (Lipinski definition) is 5. The quantitative estimate of drug-likeness (QED) is 0.727. The molecule has 0 saturated carbocycles. The lowest BCUT2D eigenvalue weighted by molar-refractivity contribution is -0.168. The molecule has 136 valence electrons.